The molecule has 0 bridgehead atoms. The Labute approximate surface area is 155 Å². The molecule has 0 fully saturated rings. The van der Waals surface area contributed by atoms with Crippen LogP contribution >= 0.6 is 11.6 Å². The van der Waals surface area contributed by atoms with Crippen LogP contribution in [0.4, 0.5) is 16.3 Å². The third-order valence-electron chi connectivity index (χ3n) is 3.67. The predicted octanol–water partition coefficient (Wildman–Crippen LogP) is 4.43. The SMILES string of the molecule is CC(=O)c1cccc(NC(=O)Nc2ccn(Cc3ccc(Cl)cc3)n2)c1. The lowest BCUT2D eigenvalue weighted by atomic mass is 10.1. The summed E-state index contributed by atoms with van der Waals surface area (Å²) in [6, 6.07) is 15.5. The van der Waals surface area contributed by atoms with Crippen LogP contribution < -0.4 is 10.6 Å². The van der Waals surface area contributed by atoms with Gasteiger partial charge in [-0.25, -0.2) is 4.79 Å². The van der Waals surface area contributed by atoms with Crippen molar-refractivity contribution in [3.05, 3.63) is 76.9 Å². The quantitative estimate of drug-likeness (QED) is 0.654. The normalized spacial score (nSPS) is 10.4. The lowest BCUT2D eigenvalue weighted by Crippen LogP contribution is -2.20. The summed E-state index contributed by atoms with van der Waals surface area (Å²) in [4.78, 5) is 23.5. The first kappa shape index (κ1) is 17.7. The van der Waals surface area contributed by atoms with Crippen molar-refractivity contribution in [3.63, 3.8) is 0 Å². The summed E-state index contributed by atoms with van der Waals surface area (Å²) in [7, 11) is 0. The summed E-state index contributed by atoms with van der Waals surface area (Å²) >= 11 is 5.87. The number of amides is 2. The molecule has 7 heteroatoms. The van der Waals surface area contributed by atoms with Crippen LogP contribution in [-0.4, -0.2) is 21.6 Å². The van der Waals surface area contributed by atoms with Crippen molar-refractivity contribution < 1.29 is 9.59 Å². The fourth-order valence-corrected chi connectivity index (χ4v) is 2.51. The van der Waals surface area contributed by atoms with Gasteiger partial charge in [0.05, 0.1) is 6.54 Å². The fraction of sp³-hybridized carbons (Fsp3) is 0.105. The van der Waals surface area contributed by atoms with Gasteiger partial charge in [0.1, 0.15) is 0 Å². The van der Waals surface area contributed by atoms with Crippen LogP contribution in [0.5, 0.6) is 0 Å². The van der Waals surface area contributed by atoms with E-state index in [0.29, 0.717) is 28.6 Å². The van der Waals surface area contributed by atoms with Crippen molar-refractivity contribution in [2.75, 3.05) is 10.6 Å². The van der Waals surface area contributed by atoms with E-state index in [2.05, 4.69) is 15.7 Å². The number of benzene rings is 2. The van der Waals surface area contributed by atoms with Gasteiger partial charge in [-0.05, 0) is 36.8 Å². The van der Waals surface area contributed by atoms with E-state index >= 15 is 0 Å². The molecule has 0 aliphatic carbocycles. The number of carbonyl (C=O) groups excluding carboxylic acids is 2. The molecule has 0 saturated carbocycles. The zero-order chi connectivity index (χ0) is 18.5. The Balaban J connectivity index is 1.60. The summed E-state index contributed by atoms with van der Waals surface area (Å²) in [5, 5.41) is 10.3. The molecule has 0 unspecified atom stereocenters. The number of nitrogens with one attached hydrogen (secondary N) is 2. The second-order valence-corrected chi connectivity index (χ2v) is 6.18. The number of carbonyl (C=O) groups is 2. The standard InChI is InChI=1S/C19H17ClN4O2/c1-13(25)15-3-2-4-17(11-15)21-19(26)22-18-9-10-24(23-18)12-14-5-7-16(20)8-6-14/h2-11H,12H2,1H3,(H2,21,22,23,26). The summed E-state index contributed by atoms with van der Waals surface area (Å²) in [6.45, 7) is 2.05. The van der Waals surface area contributed by atoms with Crippen molar-refractivity contribution in [3.8, 4) is 0 Å². The van der Waals surface area contributed by atoms with Crippen molar-refractivity contribution in [1.29, 1.82) is 0 Å². The topological polar surface area (TPSA) is 76.0 Å². The highest BCUT2D eigenvalue weighted by molar-refractivity contribution is 6.30. The van der Waals surface area contributed by atoms with E-state index in [-0.39, 0.29) is 5.78 Å². The molecule has 1 heterocycles. The van der Waals surface area contributed by atoms with E-state index in [1.54, 1.807) is 41.2 Å². The molecule has 0 aliphatic rings. The van der Waals surface area contributed by atoms with Crippen LogP contribution in [0.25, 0.3) is 0 Å². The number of Topliss-reactive ketones (excluding diaryl/α,β-unsaturated/α-hetero) is 1. The molecule has 2 N–H and O–H groups in total. The minimum Gasteiger partial charge on any atom is -0.308 e. The fourth-order valence-electron chi connectivity index (χ4n) is 2.39. The predicted molar refractivity (Wildman–Crippen MR) is 102 cm³/mol. The molecule has 0 spiro atoms. The Morgan fingerprint density at radius 2 is 1.85 bits per heavy atom. The molecule has 3 aromatic rings. The van der Waals surface area contributed by atoms with Crippen LogP contribution in [0, 0.1) is 0 Å². The van der Waals surface area contributed by atoms with Gasteiger partial charge in [-0.2, -0.15) is 5.10 Å². The summed E-state index contributed by atoms with van der Waals surface area (Å²) in [5.41, 5.74) is 2.13. The number of urea groups is 1. The van der Waals surface area contributed by atoms with Gasteiger partial charge in [0, 0.05) is 28.5 Å². The molecule has 0 atom stereocenters. The number of hydrogen-bond acceptors (Lipinski definition) is 3. The number of hydrogen-bond donors (Lipinski definition) is 2. The van der Waals surface area contributed by atoms with E-state index in [4.69, 9.17) is 11.6 Å². The largest absolute Gasteiger partial charge is 0.324 e. The molecule has 0 aliphatic heterocycles. The minimum atomic E-state index is -0.428. The number of nitrogens with zero attached hydrogens (tertiary/aromatic N) is 2. The maximum atomic E-state index is 12.1. The summed E-state index contributed by atoms with van der Waals surface area (Å²) in [5.74, 6) is 0.370. The maximum Gasteiger partial charge on any atom is 0.324 e. The molecule has 0 radical (unpaired) electrons. The zero-order valence-electron chi connectivity index (χ0n) is 14.1. The second kappa shape index (κ2) is 7.84. The molecular weight excluding hydrogens is 352 g/mol. The van der Waals surface area contributed by atoms with E-state index in [1.165, 1.54) is 6.92 Å². The van der Waals surface area contributed by atoms with Gasteiger partial charge in [0.2, 0.25) is 0 Å². The van der Waals surface area contributed by atoms with E-state index in [9.17, 15) is 9.59 Å². The number of halogens is 1. The maximum absolute atomic E-state index is 12.1. The molecule has 2 amide bonds. The lowest BCUT2D eigenvalue weighted by molar-refractivity contribution is 0.101. The third kappa shape index (κ3) is 4.70. The van der Waals surface area contributed by atoms with Gasteiger partial charge < -0.3 is 5.32 Å². The number of anilines is 2. The first-order valence-electron chi connectivity index (χ1n) is 7.96. The Morgan fingerprint density at radius 1 is 1.08 bits per heavy atom. The first-order valence-corrected chi connectivity index (χ1v) is 8.34. The highest BCUT2D eigenvalue weighted by atomic mass is 35.5. The van der Waals surface area contributed by atoms with Gasteiger partial charge in [0.15, 0.2) is 11.6 Å². The molecule has 2 aromatic carbocycles. The van der Waals surface area contributed by atoms with E-state index in [0.717, 1.165) is 5.56 Å². The Hall–Kier alpha value is -3.12. The van der Waals surface area contributed by atoms with Crippen LogP contribution in [0.3, 0.4) is 0 Å². The molecule has 6 nitrogen and oxygen atoms in total. The molecule has 3 rings (SSSR count). The second-order valence-electron chi connectivity index (χ2n) is 5.74. The van der Waals surface area contributed by atoms with Crippen LogP contribution in [0.1, 0.15) is 22.8 Å². The molecule has 0 saturated heterocycles. The van der Waals surface area contributed by atoms with Crippen LogP contribution in [0.2, 0.25) is 5.02 Å². The highest BCUT2D eigenvalue weighted by Gasteiger charge is 2.07. The van der Waals surface area contributed by atoms with Gasteiger partial charge in [-0.15, -0.1) is 0 Å². The van der Waals surface area contributed by atoms with Gasteiger partial charge in [0.25, 0.3) is 0 Å². The molecule has 1 aromatic heterocycles. The number of aromatic nitrogens is 2. The zero-order valence-corrected chi connectivity index (χ0v) is 14.8. The Kier molecular flexibility index (Phi) is 5.34. The smallest absolute Gasteiger partial charge is 0.308 e. The van der Waals surface area contributed by atoms with Gasteiger partial charge >= 0.3 is 6.03 Å². The molecule has 26 heavy (non-hydrogen) atoms. The number of ketones is 1. The van der Waals surface area contributed by atoms with Crippen molar-refractivity contribution in [2.24, 2.45) is 0 Å². The molecule has 132 valence electrons. The Bertz CT molecular complexity index is 935. The summed E-state index contributed by atoms with van der Waals surface area (Å²) in [6.07, 6.45) is 1.78. The summed E-state index contributed by atoms with van der Waals surface area (Å²) < 4.78 is 1.72. The van der Waals surface area contributed by atoms with Gasteiger partial charge in [-0.1, -0.05) is 35.9 Å². The monoisotopic (exact) mass is 368 g/mol. The molecular formula is C19H17ClN4O2. The highest BCUT2D eigenvalue weighted by Crippen LogP contribution is 2.13. The van der Waals surface area contributed by atoms with Crippen molar-refractivity contribution in [2.45, 2.75) is 13.5 Å². The number of rotatable bonds is 5. The van der Waals surface area contributed by atoms with E-state index in [1.807, 2.05) is 24.3 Å². The average molecular weight is 369 g/mol. The first-order chi connectivity index (χ1) is 12.5. The lowest BCUT2D eigenvalue weighted by Gasteiger charge is -2.07. The average Bonchev–Trinajstić information content (AvgIpc) is 3.04. The van der Waals surface area contributed by atoms with Crippen LogP contribution in [0.15, 0.2) is 60.8 Å². The Morgan fingerprint density at radius 3 is 2.58 bits per heavy atom. The minimum absolute atomic E-state index is 0.0602. The van der Waals surface area contributed by atoms with Crippen molar-refractivity contribution >= 4 is 34.9 Å². The van der Waals surface area contributed by atoms with E-state index < -0.39 is 6.03 Å². The third-order valence-corrected chi connectivity index (χ3v) is 3.92. The van der Waals surface area contributed by atoms with Crippen LogP contribution in [-0.2, 0) is 6.54 Å². The van der Waals surface area contributed by atoms with Crippen molar-refractivity contribution in [1.82, 2.24) is 9.78 Å². The van der Waals surface area contributed by atoms with Gasteiger partial charge in [-0.3, -0.25) is 14.8 Å².